The lowest BCUT2D eigenvalue weighted by Crippen LogP contribution is -2.14. The second kappa shape index (κ2) is 4.37. The van der Waals surface area contributed by atoms with E-state index >= 15 is 0 Å². The third kappa shape index (κ3) is 2.50. The molecule has 0 aliphatic rings. The molecule has 5 heteroatoms. The molecule has 0 aromatic carbocycles. The van der Waals surface area contributed by atoms with Crippen LogP contribution in [0.25, 0.3) is 0 Å². The minimum Gasteiger partial charge on any atom is -0.307 e. The highest BCUT2D eigenvalue weighted by Crippen LogP contribution is 2.10. The first-order valence-electron chi connectivity index (χ1n) is 5.31. The number of anilines is 1. The number of hydrogen-bond donors (Lipinski definition) is 1. The van der Waals surface area contributed by atoms with Crippen LogP contribution in [-0.2, 0) is 7.05 Å². The van der Waals surface area contributed by atoms with E-state index in [1.165, 1.54) is 0 Å². The first-order valence-corrected chi connectivity index (χ1v) is 5.31. The van der Waals surface area contributed by atoms with E-state index < -0.39 is 0 Å². The highest BCUT2D eigenvalue weighted by Gasteiger charge is 2.09. The van der Waals surface area contributed by atoms with Gasteiger partial charge in [0.2, 0.25) is 0 Å². The maximum atomic E-state index is 11.9. The van der Waals surface area contributed by atoms with Gasteiger partial charge in [-0.05, 0) is 26.0 Å². The van der Waals surface area contributed by atoms with Crippen molar-refractivity contribution in [2.45, 2.75) is 13.8 Å². The number of amides is 1. The smallest absolute Gasteiger partial charge is 0.258 e. The Morgan fingerprint density at radius 1 is 1.29 bits per heavy atom. The summed E-state index contributed by atoms with van der Waals surface area (Å²) in [6.45, 7) is 3.76. The fraction of sp³-hybridized carbons (Fsp3) is 0.250. The first-order chi connectivity index (χ1) is 8.06. The molecule has 2 aromatic heterocycles. The third-order valence-corrected chi connectivity index (χ3v) is 2.42. The normalized spacial score (nSPS) is 10.3. The van der Waals surface area contributed by atoms with Gasteiger partial charge in [-0.25, -0.2) is 0 Å². The number of nitrogens with one attached hydrogen (secondary N) is 1. The predicted molar refractivity (Wildman–Crippen MR) is 64.9 cm³/mol. The zero-order valence-electron chi connectivity index (χ0n) is 10.1. The van der Waals surface area contributed by atoms with Crippen LogP contribution in [0.5, 0.6) is 0 Å². The highest BCUT2D eigenvalue weighted by molar-refractivity contribution is 6.03. The van der Waals surface area contributed by atoms with Crippen LogP contribution in [-0.4, -0.2) is 20.7 Å². The van der Waals surface area contributed by atoms with Crippen molar-refractivity contribution in [3.63, 3.8) is 0 Å². The van der Waals surface area contributed by atoms with Crippen LogP contribution in [0.15, 0.2) is 24.4 Å². The van der Waals surface area contributed by atoms with Gasteiger partial charge in [-0.2, -0.15) is 5.10 Å². The number of aromatic nitrogens is 3. The molecule has 0 unspecified atom stereocenters. The molecule has 2 heterocycles. The summed E-state index contributed by atoms with van der Waals surface area (Å²) in [5.74, 6) is 0.494. The van der Waals surface area contributed by atoms with Gasteiger partial charge in [0, 0.05) is 25.0 Å². The van der Waals surface area contributed by atoms with E-state index in [1.54, 1.807) is 24.0 Å². The van der Waals surface area contributed by atoms with E-state index in [1.807, 2.05) is 26.0 Å². The molecule has 0 radical (unpaired) electrons. The van der Waals surface area contributed by atoms with Gasteiger partial charge in [-0.15, -0.1) is 0 Å². The molecule has 0 saturated carbocycles. The molecule has 88 valence electrons. The number of aryl methyl sites for hydroxylation is 3. The molecule has 0 aliphatic carbocycles. The van der Waals surface area contributed by atoms with Crippen LogP contribution in [0, 0.1) is 13.8 Å². The van der Waals surface area contributed by atoms with Gasteiger partial charge in [0.05, 0.1) is 11.3 Å². The summed E-state index contributed by atoms with van der Waals surface area (Å²) in [5, 5.41) is 6.95. The Morgan fingerprint density at radius 3 is 2.59 bits per heavy atom. The molecule has 0 aliphatic heterocycles. The van der Waals surface area contributed by atoms with Gasteiger partial charge >= 0.3 is 0 Å². The zero-order chi connectivity index (χ0) is 12.4. The molecule has 1 amide bonds. The Labute approximate surface area is 99.5 Å². The first kappa shape index (κ1) is 11.3. The summed E-state index contributed by atoms with van der Waals surface area (Å²) in [7, 11) is 1.79. The van der Waals surface area contributed by atoms with Crippen molar-refractivity contribution >= 4 is 11.7 Å². The average molecular weight is 230 g/mol. The monoisotopic (exact) mass is 230 g/mol. The quantitative estimate of drug-likeness (QED) is 0.854. The zero-order valence-corrected chi connectivity index (χ0v) is 10.1. The van der Waals surface area contributed by atoms with Crippen LogP contribution in [0.4, 0.5) is 5.82 Å². The van der Waals surface area contributed by atoms with Gasteiger partial charge in [-0.1, -0.05) is 0 Å². The fourth-order valence-corrected chi connectivity index (χ4v) is 1.52. The average Bonchev–Trinajstić information content (AvgIpc) is 2.58. The molecule has 0 bridgehead atoms. The van der Waals surface area contributed by atoms with Crippen molar-refractivity contribution in [3.8, 4) is 0 Å². The summed E-state index contributed by atoms with van der Waals surface area (Å²) in [6.07, 6.45) is 1.56. The molecule has 0 atom stereocenters. The van der Waals surface area contributed by atoms with E-state index in [4.69, 9.17) is 0 Å². The van der Waals surface area contributed by atoms with Gasteiger partial charge in [0.1, 0.15) is 5.82 Å². The van der Waals surface area contributed by atoms with Crippen molar-refractivity contribution in [3.05, 3.63) is 41.3 Å². The Morgan fingerprint density at radius 2 is 2.06 bits per heavy atom. The molecule has 17 heavy (non-hydrogen) atoms. The van der Waals surface area contributed by atoms with E-state index in [9.17, 15) is 4.79 Å². The Balaban J connectivity index is 2.17. The predicted octanol–water partition coefficient (Wildman–Crippen LogP) is 1.68. The van der Waals surface area contributed by atoms with E-state index in [0.717, 1.165) is 11.4 Å². The maximum Gasteiger partial charge on any atom is 0.258 e. The molecule has 5 nitrogen and oxygen atoms in total. The summed E-state index contributed by atoms with van der Waals surface area (Å²) in [6, 6.07) is 5.38. The number of hydrogen-bond acceptors (Lipinski definition) is 3. The number of carbonyl (C=O) groups excluding carboxylic acids is 1. The topological polar surface area (TPSA) is 59.8 Å². The van der Waals surface area contributed by atoms with Crippen molar-refractivity contribution in [1.82, 2.24) is 14.8 Å². The molecule has 1 N–H and O–H groups in total. The van der Waals surface area contributed by atoms with Crippen molar-refractivity contribution in [2.24, 2.45) is 7.05 Å². The number of pyridine rings is 1. The van der Waals surface area contributed by atoms with Crippen molar-refractivity contribution in [1.29, 1.82) is 0 Å². The molecule has 2 rings (SSSR count). The Hall–Kier alpha value is -2.17. The molecule has 2 aromatic rings. The van der Waals surface area contributed by atoms with Crippen molar-refractivity contribution in [2.75, 3.05) is 5.32 Å². The third-order valence-electron chi connectivity index (χ3n) is 2.42. The molecule has 0 spiro atoms. The maximum absolute atomic E-state index is 11.9. The van der Waals surface area contributed by atoms with Crippen LogP contribution >= 0.6 is 0 Å². The molecule has 0 fully saturated rings. The highest BCUT2D eigenvalue weighted by atomic mass is 16.1. The van der Waals surface area contributed by atoms with Crippen LogP contribution in [0.1, 0.15) is 21.7 Å². The number of rotatable bonds is 2. The summed E-state index contributed by atoms with van der Waals surface area (Å²) in [4.78, 5) is 16.0. The number of carbonyl (C=O) groups is 1. The van der Waals surface area contributed by atoms with Crippen LogP contribution in [0.2, 0.25) is 0 Å². The largest absolute Gasteiger partial charge is 0.307 e. The van der Waals surface area contributed by atoms with E-state index in [2.05, 4.69) is 15.4 Å². The summed E-state index contributed by atoms with van der Waals surface area (Å²) in [5.41, 5.74) is 2.29. The van der Waals surface area contributed by atoms with Gasteiger partial charge in [-0.3, -0.25) is 14.5 Å². The lowest BCUT2D eigenvalue weighted by atomic mass is 10.2. The van der Waals surface area contributed by atoms with Gasteiger partial charge in [0.15, 0.2) is 0 Å². The molecular formula is C12H14N4O. The fourth-order valence-electron chi connectivity index (χ4n) is 1.52. The van der Waals surface area contributed by atoms with Gasteiger partial charge in [0.25, 0.3) is 5.91 Å². The van der Waals surface area contributed by atoms with Gasteiger partial charge < -0.3 is 5.32 Å². The Kier molecular flexibility index (Phi) is 2.91. The van der Waals surface area contributed by atoms with Crippen LogP contribution < -0.4 is 5.32 Å². The van der Waals surface area contributed by atoms with E-state index in [0.29, 0.717) is 11.4 Å². The lowest BCUT2D eigenvalue weighted by Gasteiger charge is -2.04. The summed E-state index contributed by atoms with van der Waals surface area (Å²) >= 11 is 0. The van der Waals surface area contributed by atoms with Crippen LogP contribution in [0.3, 0.4) is 0 Å². The second-order valence-corrected chi connectivity index (χ2v) is 3.94. The minimum absolute atomic E-state index is 0.180. The lowest BCUT2D eigenvalue weighted by molar-refractivity contribution is 0.102. The van der Waals surface area contributed by atoms with Crippen molar-refractivity contribution < 1.29 is 4.79 Å². The second-order valence-electron chi connectivity index (χ2n) is 3.94. The Bertz CT molecular complexity index is 542. The standard InChI is InChI=1S/C12H14N4O/c1-8-4-5-10(7-13-8)12(17)14-11-6-9(2)15-16(11)3/h4-7H,1-3H3,(H,14,17). The summed E-state index contributed by atoms with van der Waals surface area (Å²) < 4.78 is 1.63. The van der Waals surface area contributed by atoms with E-state index in [-0.39, 0.29) is 5.91 Å². The molecule has 0 saturated heterocycles. The minimum atomic E-state index is -0.180. The number of nitrogens with zero attached hydrogens (tertiary/aromatic N) is 3. The molecular weight excluding hydrogens is 216 g/mol. The SMILES string of the molecule is Cc1ccc(C(=O)Nc2cc(C)nn2C)cn1.